The summed E-state index contributed by atoms with van der Waals surface area (Å²) in [6.07, 6.45) is 4.20. The fourth-order valence-electron chi connectivity index (χ4n) is 3.50. The van der Waals surface area contributed by atoms with Crippen LogP contribution >= 0.6 is 11.3 Å². The van der Waals surface area contributed by atoms with Crippen molar-refractivity contribution >= 4 is 23.2 Å². The molecule has 3 heterocycles. The van der Waals surface area contributed by atoms with Crippen LogP contribution in [0.5, 0.6) is 0 Å². The number of imidazole rings is 1. The van der Waals surface area contributed by atoms with Crippen LogP contribution in [-0.4, -0.2) is 39.4 Å². The minimum absolute atomic E-state index is 0.0625. The number of aryl methyl sites for hydroxylation is 1. The minimum Gasteiger partial charge on any atom is -0.354 e. The Bertz CT molecular complexity index is 980. The maximum absolute atomic E-state index is 13.0. The summed E-state index contributed by atoms with van der Waals surface area (Å²) in [5.74, 6) is -0.148. The highest BCUT2D eigenvalue weighted by Crippen LogP contribution is 2.23. The first-order valence-electron chi connectivity index (χ1n) is 9.28. The molecule has 6 nitrogen and oxygen atoms in total. The SMILES string of the molecule is Cc1cccc(C(=O)N2Cc3cncn3[C@@H](C(=O)NCCc3cccs3)C2)c1. The van der Waals surface area contributed by atoms with E-state index in [9.17, 15) is 9.59 Å². The van der Waals surface area contributed by atoms with Crippen molar-refractivity contribution in [2.75, 3.05) is 13.1 Å². The summed E-state index contributed by atoms with van der Waals surface area (Å²) < 4.78 is 1.88. The highest BCUT2D eigenvalue weighted by atomic mass is 32.1. The van der Waals surface area contributed by atoms with E-state index < -0.39 is 6.04 Å². The van der Waals surface area contributed by atoms with E-state index in [1.54, 1.807) is 28.8 Å². The molecule has 2 aromatic heterocycles. The van der Waals surface area contributed by atoms with Crippen LogP contribution in [0, 0.1) is 6.92 Å². The van der Waals surface area contributed by atoms with Gasteiger partial charge in [0, 0.05) is 23.2 Å². The molecule has 0 saturated heterocycles. The number of benzene rings is 1. The monoisotopic (exact) mass is 394 g/mol. The molecular weight excluding hydrogens is 372 g/mol. The summed E-state index contributed by atoms with van der Waals surface area (Å²) in [5, 5.41) is 5.04. The lowest BCUT2D eigenvalue weighted by Gasteiger charge is -2.33. The van der Waals surface area contributed by atoms with Crippen molar-refractivity contribution in [3.63, 3.8) is 0 Å². The first kappa shape index (κ1) is 18.4. The molecule has 0 saturated carbocycles. The number of aromatic nitrogens is 2. The van der Waals surface area contributed by atoms with E-state index >= 15 is 0 Å². The normalized spacial score (nSPS) is 15.9. The van der Waals surface area contributed by atoms with Crippen LogP contribution in [0.3, 0.4) is 0 Å². The van der Waals surface area contributed by atoms with Crippen LogP contribution in [0.2, 0.25) is 0 Å². The second-order valence-electron chi connectivity index (χ2n) is 6.98. The van der Waals surface area contributed by atoms with Gasteiger partial charge in [-0.25, -0.2) is 4.98 Å². The Hall–Kier alpha value is -2.93. The number of rotatable bonds is 5. The van der Waals surface area contributed by atoms with E-state index in [-0.39, 0.29) is 11.8 Å². The Morgan fingerprint density at radius 1 is 1.29 bits per heavy atom. The van der Waals surface area contributed by atoms with Crippen LogP contribution in [0.15, 0.2) is 54.3 Å². The summed E-state index contributed by atoms with van der Waals surface area (Å²) in [6.45, 7) is 3.32. The van der Waals surface area contributed by atoms with E-state index in [1.807, 2.05) is 47.2 Å². The molecule has 0 aliphatic carbocycles. The molecular formula is C21H22N4O2S. The Kier molecular flexibility index (Phi) is 5.25. The molecule has 0 fully saturated rings. The average Bonchev–Trinajstić information content (AvgIpc) is 3.38. The number of nitrogens with one attached hydrogen (secondary N) is 1. The summed E-state index contributed by atoms with van der Waals surface area (Å²) in [6, 6.07) is 11.1. The van der Waals surface area contributed by atoms with Crippen LogP contribution < -0.4 is 5.32 Å². The van der Waals surface area contributed by atoms with Gasteiger partial charge >= 0.3 is 0 Å². The maximum Gasteiger partial charge on any atom is 0.254 e. The molecule has 1 aromatic carbocycles. The molecule has 1 aliphatic heterocycles. The molecule has 0 spiro atoms. The van der Waals surface area contributed by atoms with Gasteiger partial charge in [-0.15, -0.1) is 11.3 Å². The van der Waals surface area contributed by atoms with Gasteiger partial charge in [0.1, 0.15) is 6.04 Å². The minimum atomic E-state index is -0.469. The van der Waals surface area contributed by atoms with Crippen molar-refractivity contribution in [1.29, 1.82) is 0 Å². The predicted octanol–water partition coefficient (Wildman–Crippen LogP) is 2.81. The lowest BCUT2D eigenvalue weighted by Crippen LogP contribution is -2.46. The van der Waals surface area contributed by atoms with Gasteiger partial charge in [-0.3, -0.25) is 9.59 Å². The van der Waals surface area contributed by atoms with Gasteiger partial charge in [0.15, 0.2) is 0 Å². The van der Waals surface area contributed by atoms with Gasteiger partial charge in [-0.05, 0) is 36.9 Å². The molecule has 7 heteroatoms. The Morgan fingerprint density at radius 2 is 2.18 bits per heavy atom. The lowest BCUT2D eigenvalue weighted by atomic mass is 10.1. The van der Waals surface area contributed by atoms with Crippen molar-refractivity contribution in [2.45, 2.75) is 25.9 Å². The molecule has 4 rings (SSSR count). The molecule has 3 aromatic rings. The van der Waals surface area contributed by atoms with E-state index in [0.717, 1.165) is 17.7 Å². The molecule has 1 N–H and O–H groups in total. The smallest absolute Gasteiger partial charge is 0.254 e. The average molecular weight is 395 g/mol. The second-order valence-corrected chi connectivity index (χ2v) is 8.02. The maximum atomic E-state index is 13.0. The zero-order valence-electron chi connectivity index (χ0n) is 15.7. The third-order valence-corrected chi connectivity index (χ3v) is 5.87. The highest BCUT2D eigenvalue weighted by molar-refractivity contribution is 7.09. The second kappa shape index (κ2) is 7.98. The largest absolute Gasteiger partial charge is 0.354 e. The number of amides is 2. The molecule has 1 atom stereocenters. The first-order valence-corrected chi connectivity index (χ1v) is 10.2. The Balaban J connectivity index is 1.47. The van der Waals surface area contributed by atoms with Crippen LogP contribution in [0.25, 0.3) is 0 Å². The molecule has 28 heavy (non-hydrogen) atoms. The molecule has 0 bridgehead atoms. The molecule has 144 valence electrons. The number of hydrogen-bond acceptors (Lipinski definition) is 4. The standard InChI is InChI=1S/C21H22N4O2S/c1-15-4-2-5-16(10-15)21(27)24-12-17-11-22-14-25(17)19(13-24)20(26)23-8-7-18-6-3-9-28-18/h2-6,9-11,14,19H,7-8,12-13H2,1H3,(H,23,26)/t19-/m1/s1. The van der Waals surface area contributed by atoms with Gasteiger partial charge < -0.3 is 14.8 Å². The summed E-state index contributed by atoms with van der Waals surface area (Å²) in [4.78, 5) is 33.0. The Morgan fingerprint density at radius 3 is 2.96 bits per heavy atom. The van der Waals surface area contributed by atoms with Crippen LogP contribution in [-0.2, 0) is 17.8 Å². The van der Waals surface area contributed by atoms with Crippen LogP contribution in [0.4, 0.5) is 0 Å². The zero-order valence-corrected chi connectivity index (χ0v) is 16.5. The number of fused-ring (bicyclic) bond motifs is 1. The number of hydrogen-bond donors (Lipinski definition) is 1. The number of thiophene rings is 1. The third-order valence-electron chi connectivity index (χ3n) is 4.93. The first-order chi connectivity index (χ1) is 13.6. The predicted molar refractivity (Wildman–Crippen MR) is 108 cm³/mol. The van der Waals surface area contributed by atoms with E-state index in [4.69, 9.17) is 0 Å². The van der Waals surface area contributed by atoms with E-state index in [2.05, 4.69) is 16.4 Å². The molecule has 0 unspecified atom stereocenters. The summed E-state index contributed by atoms with van der Waals surface area (Å²) in [5.41, 5.74) is 2.55. The Labute approximate surface area is 167 Å². The topological polar surface area (TPSA) is 67.2 Å². The van der Waals surface area contributed by atoms with Crippen LogP contribution in [0.1, 0.15) is 32.5 Å². The van der Waals surface area contributed by atoms with Gasteiger partial charge in [-0.2, -0.15) is 0 Å². The summed E-state index contributed by atoms with van der Waals surface area (Å²) >= 11 is 1.68. The number of carbonyl (C=O) groups is 2. The van der Waals surface area contributed by atoms with Crippen molar-refractivity contribution in [1.82, 2.24) is 19.8 Å². The van der Waals surface area contributed by atoms with E-state index in [1.165, 1.54) is 4.88 Å². The molecule has 2 amide bonds. The van der Waals surface area contributed by atoms with Gasteiger partial charge in [-0.1, -0.05) is 23.8 Å². The van der Waals surface area contributed by atoms with Gasteiger partial charge in [0.05, 0.1) is 25.1 Å². The number of nitrogens with zero attached hydrogens (tertiary/aromatic N) is 3. The number of carbonyl (C=O) groups excluding carboxylic acids is 2. The van der Waals surface area contributed by atoms with Crippen molar-refractivity contribution < 1.29 is 9.59 Å². The highest BCUT2D eigenvalue weighted by Gasteiger charge is 2.32. The van der Waals surface area contributed by atoms with Gasteiger partial charge in [0.25, 0.3) is 5.91 Å². The molecule has 1 aliphatic rings. The van der Waals surface area contributed by atoms with Crippen molar-refractivity contribution in [3.8, 4) is 0 Å². The van der Waals surface area contributed by atoms with Gasteiger partial charge in [0.2, 0.25) is 5.91 Å². The zero-order chi connectivity index (χ0) is 19.5. The quantitative estimate of drug-likeness (QED) is 0.724. The summed E-state index contributed by atoms with van der Waals surface area (Å²) in [7, 11) is 0. The van der Waals surface area contributed by atoms with Crippen molar-refractivity contribution in [2.24, 2.45) is 0 Å². The lowest BCUT2D eigenvalue weighted by molar-refractivity contribution is -0.125. The third kappa shape index (κ3) is 3.84. The fourth-order valence-corrected chi connectivity index (χ4v) is 4.21. The van der Waals surface area contributed by atoms with Crippen molar-refractivity contribution in [3.05, 3.63) is 76.0 Å². The molecule has 0 radical (unpaired) electrons. The van der Waals surface area contributed by atoms with E-state index in [0.29, 0.717) is 25.2 Å². The fraction of sp³-hybridized carbons (Fsp3) is 0.286.